The summed E-state index contributed by atoms with van der Waals surface area (Å²) in [6.07, 6.45) is 1.00. The standard InChI is InChI=1S/C19H21FN2O/c1-2-15-5-3-4-6-18(15)21-11-13-22(14-12-21)19(23)16-7-9-17(20)10-8-16/h3-10H,2,11-14H2,1H3. The summed E-state index contributed by atoms with van der Waals surface area (Å²) >= 11 is 0. The van der Waals surface area contributed by atoms with Crippen molar-refractivity contribution in [2.45, 2.75) is 13.3 Å². The Morgan fingerprint density at radius 2 is 1.65 bits per heavy atom. The molecule has 0 atom stereocenters. The predicted molar refractivity (Wildman–Crippen MR) is 90.3 cm³/mol. The van der Waals surface area contributed by atoms with Gasteiger partial charge in [0.25, 0.3) is 5.91 Å². The summed E-state index contributed by atoms with van der Waals surface area (Å²) in [5.74, 6) is -0.337. The Balaban J connectivity index is 1.66. The molecule has 0 unspecified atom stereocenters. The molecule has 1 aliphatic heterocycles. The van der Waals surface area contributed by atoms with Gasteiger partial charge in [0.1, 0.15) is 5.82 Å². The van der Waals surface area contributed by atoms with Gasteiger partial charge in [-0.15, -0.1) is 0 Å². The summed E-state index contributed by atoms with van der Waals surface area (Å²) in [5, 5.41) is 0. The lowest BCUT2D eigenvalue weighted by Crippen LogP contribution is -2.49. The number of benzene rings is 2. The van der Waals surface area contributed by atoms with Crippen molar-refractivity contribution in [3.05, 3.63) is 65.5 Å². The molecule has 0 spiro atoms. The molecule has 0 bridgehead atoms. The van der Waals surface area contributed by atoms with E-state index in [-0.39, 0.29) is 11.7 Å². The van der Waals surface area contributed by atoms with E-state index in [4.69, 9.17) is 0 Å². The van der Waals surface area contributed by atoms with Crippen molar-refractivity contribution < 1.29 is 9.18 Å². The summed E-state index contributed by atoms with van der Waals surface area (Å²) in [6.45, 7) is 5.18. The number of amides is 1. The molecule has 1 heterocycles. The fourth-order valence-electron chi connectivity index (χ4n) is 3.04. The normalized spacial score (nSPS) is 14.9. The maximum Gasteiger partial charge on any atom is 0.253 e. The van der Waals surface area contributed by atoms with Crippen LogP contribution in [0.15, 0.2) is 48.5 Å². The number of hydrogen-bond acceptors (Lipinski definition) is 2. The first-order chi connectivity index (χ1) is 11.2. The van der Waals surface area contributed by atoms with Crippen molar-refractivity contribution >= 4 is 11.6 Å². The number of piperazine rings is 1. The smallest absolute Gasteiger partial charge is 0.253 e. The highest BCUT2D eigenvalue weighted by atomic mass is 19.1. The van der Waals surface area contributed by atoms with Gasteiger partial charge in [0.05, 0.1) is 0 Å². The monoisotopic (exact) mass is 312 g/mol. The van der Waals surface area contributed by atoms with E-state index in [1.54, 1.807) is 12.1 Å². The number of rotatable bonds is 3. The minimum atomic E-state index is -0.317. The molecule has 0 N–H and O–H groups in total. The Kier molecular flexibility index (Phi) is 4.60. The first kappa shape index (κ1) is 15.5. The van der Waals surface area contributed by atoms with Crippen LogP contribution in [0.1, 0.15) is 22.8 Å². The van der Waals surface area contributed by atoms with Crippen LogP contribution >= 0.6 is 0 Å². The summed E-state index contributed by atoms with van der Waals surface area (Å²) in [7, 11) is 0. The second-order valence-electron chi connectivity index (χ2n) is 5.77. The summed E-state index contributed by atoms with van der Waals surface area (Å²) in [6, 6.07) is 14.2. The molecule has 3 rings (SSSR count). The first-order valence-corrected chi connectivity index (χ1v) is 8.06. The molecule has 0 aliphatic carbocycles. The highest BCUT2D eigenvalue weighted by Crippen LogP contribution is 2.22. The number of anilines is 1. The van der Waals surface area contributed by atoms with E-state index in [0.29, 0.717) is 18.7 Å². The van der Waals surface area contributed by atoms with Gasteiger partial charge in [-0.25, -0.2) is 4.39 Å². The highest BCUT2D eigenvalue weighted by Gasteiger charge is 2.23. The molecule has 3 nitrogen and oxygen atoms in total. The van der Waals surface area contributed by atoms with Crippen molar-refractivity contribution in [2.75, 3.05) is 31.1 Å². The van der Waals surface area contributed by atoms with Crippen LogP contribution in [0.4, 0.5) is 10.1 Å². The van der Waals surface area contributed by atoms with E-state index in [2.05, 4.69) is 36.1 Å². The van der Waals surface area contributed by atoms with Crippen LogP contribution in [0.3, 0.4) is 0 Å². The molecule has 2 aromatic rings. The molecule has 0 radical (unpaired) electrons. The Morgan fingerprint density at radius 1 is 1.00 bits per heavy atom. The summed E-state index contributed by atoms with van der Waals surface area (Å²) in [4.78, 5) is 16.6. The lowest BCUT2D eigenvalue weighted by Gasteiger charge is -2.37. The topological polar surface area (TPSA) is 23.6 Å². The number of para-hydroxylation sites is 1. The van der Waals surface area contributed by atoms with Crippen LogP contribution in [0.2, 0.25) is 0 Å². The van der Waals surface area contributed by atoms with Gasteiger partial charge in [0.2, 0.25) is 0 Å². The van der Waals surface area contributed by atoms with Crippen molar-refractivity contribution in [2.24, 2.45) is 0 Å². The van der Waals surface area contributed by atoms with Crippen LogP contribution < -0.4 is 4.90 Å². The molecule has 120 valence electrons. The van der Waals surface area contributed by atoms with E-state index in [9.17, 15) is 9.18 Å². The minimum Gasteiger partial charge on any atom is -0.368 e. The van der Waals surface area contributed by atoms with Gasteiger partial charge < -0.3 is 9.80 Å². The van der Waals surface area contributed by atoms with Crippen LogP contribution in [-0.4, -0.2) is 37.0 Å². The van der Waals surface area contributed by atoms with Crippen LogP contribution in [0.5, 0.6) is 0 Å². The molecule has 0 saturated carbocycles. The zero-order chi connectivity index (χ0) is 16.2. The van der Waals surface area contributed by atoms with Crippen molar-refractivity contribution in [1.29, 1.82) is 0 Å². The molecule has 2 aromatic carbocycles. The zero-order valence-electron chi connectivity index (χ0n) is 13.3. The molecule has 1 fully saturated rings. The Morgan fingerprint density at radius 3 is 2.30 bits per heavy atom. The van der Waals surface area contributed by atoms with Gasteiger partial charge >= 0.3 is 0 Å². The van der Waals surface area contributed by atoms with Gasteiger partial charge in [-0.3, -0.25) is 4.79 Å². The lowest BCUT2D eigenvalue weighted by molar-refractivity contribution is 0.0746. The van der Waals surface area contributed by atoms with Crippen molar-refractivity contribution in [3.63, 3.8) is 0 Å². The van der Waals surface area contributed by atoms with Gasteiger partial charge in [-0.1, -0.05) is 25.1 Å². The summed E-state index contributed by atoms with van der Waals surface area (Å²) < 4.78 is 13.0. The van der Waals surface area contributed by atoms with E-state index < -0.39 is 0 Å². The average Bonchev–Trinajstić information content (AvgIpc) is 2.62. The molecule has 1 aliphatic rings. The zero-order valence-corrected chi connectivity index (χ0v) is 13.3. The van der Waals surface area contributed by atoms with Crippen LogP contribution in [-0.2, 0) is 6.42 Å². The molecular weight excluding hydrogens is 291 g/mol. The average molecular weight is 312 g/mol. The van der Waals surface area contributed by atoms with Gasteiger partial charge in [0.15, 0.2) is 0 Å². The van der Waals surface area contributed by atoms with Crippen molar-refractivity contribution in [1.82, 2.24) is 4.90 Å². The Labute approximate surface area is 136 Å². The molecule has 4 heteroatoms. The highest BCUT2D eigenvalue weighted by molar-refractivity contribution is 5.94. The number of aryl methyl sites for hydroxylation is 1. The van der Waals surface area contributed by atoms with E-state index in [1.807, 2.05) is 4.90 Å². The third-order valence-electron chi connectivity index (χ3n) is 4.37. The Hall–Kier alpha value is -2.36. The van der Waals surface area contributed by atoms with E-state index in [1.165, 1.54) is 23.4 Å². The number of carbonyl (C=O) groups excluding carboxylic acids is 1. The Bertz CT molecular complexity index is 676. The molecule has 1 saturated heterocycles. The molecule has 1 amide bonds. The third-order valence-corrected chi connectivity index (χ3v) is 4.37. The van der Waals surface area contributed by atoms with Gasteiger partial charge in [-0.2, -0.15) is 0 Å². The summed E-state index contributed by atoms with van der Waals surface area (Å²) in [5.41, 5.74) is 3.16. The fraction of sp³-hybridized carbons (Fsp3) is 0.316. The largest absolute Gasteiger partial charge is 0.368 e. The van der Waals surface area contributed by atoms with Crippen LogP contribution in [0.25, 0.3) is 0 Å². The SMILES string of the molecule is CCc1ccccc1N1CCN(C(=O)c2ccc(F)cc2)CC1. The first-order valence-electron chi connectivity index (χ1n) is 8.06. The van der Waals surface area contributed by atoms with Crippen molar-refractivity contribution in [3.8, 4) is 0 Å². The number of nitrogens with zero attached hydrogens (tertiary/aromatic N) is 2. The number of carbonyl (C=O) groups is 1. The molecule has 23 heavy (non-hydrogen) atoms. The fourth-order valence-corrected chi connectivity index (χ4v) is 3.04. The minimum absolute atomic E-state index is 0.0200. The number of halogens is 1. The predicted octanol–water partition coefficient (Wildman–Crippen LogP) is 3.35. The van der Waals surface area contributed by atoms with Gasteiger partial charge in [-0.05, 0) is 42.3 Å². The maximum atomic E-state index is 13.0. The molecule has 0 aromatic heterocycles. The molecular formula is C19H21FN2O. The van der Waals surface area contributed by atoms with E-state index >= 15 is 0 Å². The quantitative estimate of drug-likeness (QED) is 0.868. The van der Waals surface area contributed by atoms with Crippen LogP contribution in [0, 0.1) is 5.82 Å². The second-order valence-corrected chi connectivity index (χ2v) is 5.77. The van der Waals surface area contributed by atoms with Gasteiger partial charge in [0, 0.05) is 37.4 Å². The maximum absolute atomic E-state index is 13.0. The number of hydrogen-bond donors (Lipinski definition) is 0. The third kappa shape index (κ3) is 3.36. The lowest BCUT2D eigenvalue weighted by atomic mass is 10.1. The van der Waals surface area contributed by atoms with E-state index in [0.717, 1.165) is 19.5 Å². The second kappa shape index (κ2) is 6.82.